The Bertz CT molecular complexity index is 1420. The van der Waals surface area contributed by atoms with Crippen LogP contribution >= 0.6 is 47.5 Å². The van der Waals surface area contributed by atoms with Gasteiger partial charge >= 0.3 is 5.97 Å². The summed E-state index contributed by atoms with van der Waals surface area (Å²) >= 11 is 13.1. The van der Waals surface area contributed by atoms with Crippen LogP contribution in [0.25, 0.3) is 11.8 Å². The Morgan fingerprint density at radius 3 is 2.34 bits per heavy atom. The van der Waals surface area contributed by atoms with Crippen LogP contribution in [0, 0.1) is 3.95 Å². The van der Waals surface area contributed by atoms with Crippen molar-refractivity contribution in [3.05, 3.63) is 85.5 Å². The number of hydrogen-bond acceptors (Lipinski definition) is 9. The number of anilines is 1. The van der Waals surface area contributed by atoms with Crippen molar-refractivity contribution in [3.63, 3.8) is 0 Å². The molecule has 2 heterocycles. The molecule has 178 valence electrons. The van der Waals surface area contributed by atoms with Crippen molar-refractivity contribution in [2.45, 2.75) is 6.61 Å². The first-order chi connectivity index (χ1) is 16.8. The Morgan fingerprint density at radius 1 is 1.06 bits per heavy atom. The molecule has 0 unspecified atom stereocenters. The molecule has 35 heavy (non-hydrogen) atoms. The molecule has 0 bridgehead atoms. The second kappa shape index (κ2) is 10.6. The van der Waals surface area contributed by atoms with Gasteiger partial charge in [0.15, 0.2) is 8.27 Å². The van der Waals surface area contributed by atoms with Gasteiger partial charge in [0.05, 0.1) is 26.7 Å². The number of aromatic hydroxyl groups is 1. The van der Waals surface area contributed by atoms with Crippen LogP contribution in [0.5, 0.6) is 5.88 Å². The molecule has 12 heteroatoms. The summed E-state index contributed by atoms with van der Waals surface area (Å²) in [5.74, 6) is -1.42. The van der Waals surface area contributed by atoms with E-state index in [9.17, 15) is 14.7 Å². The van der Waals surface area contributed by atoms with E-state index in [0.29, 0.717) is 29.4 Å². The Morgan fingerprint density at radius 2 is 1.71 bits per heavy atom. The SMILES string of the molecule is O=C(O)c1ccc(N2C(=O)C(=CC=Cc3sc(=S)n(-c4ccc(COO)cc4)c3O)SC2=S)cc1. The van der Waals surface area contributed by atoms with Crippen LogP contribution in [0.2, 0.25) is 0 Å². The second-order valence-corrected chi connectivity index (χ2v) is 10.4. The van der Waals surface area contributed by atoms with Crippen LogP contribution in [0.1, 0.15) is 20.8 Å². The van der Waals surface area contributed by atoms with Crippen LogP contribution in [-0.2, 0) is 16.3 Å². The van der Waals surface area contributed by atoms with Gasteiger partial charge in [-0.2, -0.15) is 0 Å². The van der Waals surface area contributed by atoms with Crippen molar-refractivity contribution in [2.75, 3.05) is 4.90 Å². The number of rotatable bonds is 7. The number of thiocarbonyl (C=S) groups is 1. The van der Waals surface area contributed by atoms with Gasteiger partial charge < -0.3 is 10.2 Å². The van der Waals surface area contributed by atoms with E-state index in [2.05, 4.69) is 4.89 Å². The lowest BCUT2D eigenvalue weighted by molar-refractivity contribution is -0.253. The predicted octanol–water partition coefficient (Wildman–Crippen LogP) is 5.62. The Hall–Kier alpha value is -3.13. The van der Waals surface area contributed by atoms with Gasteiger partial charge in [-0.25, -0.2) is 9.68 Å². The van der Waals surface area contributed by atoms with Gasteiger partial charge in [0, 0.05) is 0 Å². The van der Waals surface area contributed by atoms with Gasteiger partial charge in [0.25, 0.3) is 5.91 Å². The summed E-state index contributed by atoms with van der Waals surface area (Å²) in [6, 6.07) is 12.9. The zero-order valence-corrected chi connectivity index (χ0v) is 20.9. The summed E-state index contributed by atoms with van der Waals surface area (Å²) in [6.07, 6.45) is 4.88. The Kier molecular flexibility index (Phi) is 7.60. The van der Waals surface area contributed by atoms with E-state index in [1.165, 1.54) is 45.1 Å². The second-order valence-electron chi connectivity index (χ2n) is 7.08. The van der Waals surface area contributed by atoms with Crippen LogP contribution in [-0.4, -0.2) is 36.2 Å². The lowest BCUT2D eigenvalue weighted by Gasteiger charge is -2.14. The van der Waals surface area contributed by atoms with Crippen molar-refractivity contribution in [2.24, 2.45) is 0 Å². The number of aromatic nitrogens is 1. The number of allylic oxidation sites excluding steroid dienone is 2. The number of thioether (sulfide) groups is 1. The molecular weight excluding hydrogens is 529 g/mol. The smallest absolute Gasteiger partial charge is 0.335 e. The summed E-state index contributed by atoms with van der Waals surface area (Å²) in [5, 5.41) is 28.3. The molecule has 2 aromatic carbocycles. The molecule has 0 saturated carbocycles. The molecule has 1 aliphatic heterocycles. The average molecular weight is 545 g/mol. The number of aromatic carboxylic acids is 1. The highest BCUT2D eigenvalue weighted by atomic mass is 32.2. The largest absolute Gasteiger partial charge is 0.493 e. The van der Waals surface area contributed by atoms with Gasteiger partial charge in [0.1, 0.15) is 6.61 Å². The van der Waals surface area contributed by atoms with Crippen molar-refractivity contribution < 1.29 is 29.9 Å². The van der Waals surface area contributed by atoms with E-state index >= 15 is 0 Å². The summed E-state index contributed by atoms with van der Waals surface area (Å²) in [6.45, 7) is 0.0508. The third-order valence-corrected chi connectivity index (χ3v) is 7.55. The number of carbonyl (C=O) groups is 2. The Labute approximate surface area is 217 Å². The molecule has 0 radical (unpaired) electrons. The van der Waals surface area contributed by atoms with Crippen LogP contribution in [0.3, 0.4) is 0 Å². The number of thiazole rings is 1. The zero-order chi connectivity index (χ0) is 25.1. The number of hydrogen-bond donors (Lipinski definition) is 3. The van der Waals surface area contributed by atoms with E-state index in [-0.39, 0.29) is 24.0 Å². The maximum absolute atomic E-state index is 12.9. The van der Waals surface area contributed by atoms with Gasteiger partial charge in [-0.05, 0) is 66.3 Å². The Balaban J connectivity index is 1.53. The predicted molar refractivity (Wildman–Crippen MR) is 142 cm³/mol. The minimum Gasteiger partial charge on any atom is -0.493 e. The molecule has 4 rings (SSSR count). The van der Waals surface area contributed by atoms with Crippen molar-refractivity contribution in [1.82, 2.24) is 4.57 Å². The monoisotopic (exact) mass is 544 g/mol. The molecule has 1 aliphatic rings. The fraction of sp³-hybridized carbons (Fsp3) is 0.0435. The third-order valence-electron chi connectivity index (χ3n) is 4.90. The molecule has 1 amide bonds. The maximum Gasteiger partial charge on any atom is 0.335 e. The molecule has 0 atom stereocenters. The molecule has 3 N–H and O–H groups in total. The van der Waals surface area contributed by atoms with Crippen LogP contribution < -0.4 is 4.90 Å². The van der Waals surface area contributed by atoms with E-state index in [0.717, 1.165) is 17.3 Å². The van der Waals surface area contributed by atoms with Gasteiger partial charge in [-0.3, -0.25) is 19.5 Å². The average Bonchev–Trinajstić information content (AvgIpc) is 3.28. The fourth-order valence-electron chi connectivity index (χ4n) is 3.21. The minimum atomic E-state index is -1.05. The first kappa shape index (κ1) is 25.0. The summed E-state index contributed by atoms with van der Waals surface area (Å²) < 4.78 is 2.28. The molecular formula is C23H16N2O6S4. The standard InChI is InChI=1S/C23H16N2O6S4/c26-19-17(34-22(32)24(19)15-8-4-13(5-9-15)12-31-30)2-1-3-18-20(27)25(23(33)35-18)16-10-6-14(7-11-16)21(28)29/h1-11,26,30H,12H2,(H,28,29). The molecule has 3 aromatic rings. The summed E-state index contributed by atoms with van der Waals surface area (Å²) in [4.78, 5) is 30.3. The van der Waals surface area contributed by atoms with E-state index < -0.39 is 5.97 Å². The topological polar surface area (TPSA) is 112 Å². The summed E-state index contributed by atoms with van der Waals surface area (Å²) in [5.41, 5.74) is 2.00. The zero-order valence-electron chi connectivity index (χ0n) is 17.7. The first-order valence-electron chi connectivity index (χ1n) is 9.88. The number of carbonyl (C=O) groups excluding carboxylic acids is 1. The van der Waals surface area contributed by atoms with Gasteiger partial charge in [-0.1, -0.05) is 42.2 Å². The quantitative estimate of drug-likeness (QED) is 0.151. The summed E-state index contributed by atoms with van der Waals surface area (Å²) in [7, 11) is 0. The van der Waals surface area contributed by atoms with Crippen LogP contribution in [0.4, 0.5) is 5.69 Å². The number of amides is 1. The van der Waals surface area contributed by atoms with E-state index in [4.69, 9.17) is 34.8 Å². The van der Waals surface area contributed by atoms with Crippen molar-refractivity contribution in [1.29, 1.82) is 0 Å². The van der Waals surface area contributed by atoms with Gasteiger partial charge in [-0.15, -0.1) is 11.3 Å². The number of carboxylic acids is 1. The number of carboxylic acid groups (broad SMARTS) is 1. The highest BCUT2D eigenvalue weighted by Crippen LogP contribution is 2.35. The lowest BCUT2D eigenvalue weighted by atomic mass is 10.2. The normalized spacial score (nSPS) is 15.0. The van der Waals surface area contributed by atoms with Crippen molar-refractivity contribution in [3.8, 4) is 11.6 Å². The van der Waals surface area contributed by atoms with E-state index in [1.807, 2.05) is 0 Å². The third kappa shape index (κ3) is 5.27. The number of nitrogens with zero attached hydrogens (tertiary/aromatic N) is 2. The molecule has 0 aliphatic carbocycles. The first-order valence-corrected chi connectivity index (χ1v) is 12.3. The van der Waals surface area contributed by atoms with Gasteiger partial charge in [0.2, 0.25) is 5.88 Å². The molecule has 0 spiro atoms. The minimum absolute atomic E-state index is 0.0399. The van der Waals surface area contributed by atoms with E-state index in [1.54, 1.807) is 42.5 Å². The number of benzene rings is 2. The fourth-order valence-corrected chi connectivity index (χ4v) is 5.73. The maximum atomic E-state index is 12.9. The van der Waals surface area contributed by atoms with Crippen LogP contribution in [0.15, 0.2) is 65.6 Å². The molecule has 1 fully saturated rings. The molecule has 1 aromatic heterocycles. The lowest BCUT2D eigenvalue weighted by Crippen LogP contribution is -2.27. The molecule has 8 nitrogen and oxygen atoms in total. The van der Waals surface area contributed by atoms with Crippen molar-refractivity contribution >= 4 is 75.5 Å². The highest BCUT2D eigenvalue weighted by Gasteiger charge is 2.33. The molecule has 1 saturated heterocycles. The highest BCUT2D eigenvalue weighted by molar-refractivity contribution is 8.27.